The first-order valence-electron chi connectivity index (χ1n) is 10.5. The number of halogens is 2. The maximum atomic E-state index is 13.7. The van der Waals surface area contributed by atoms with Crippen LogP contribution in [0.25, 0.3) is 16.6 Å². The van der Waals surface area contributed by atoms with E-state index in [-0.39, 0.29) is 11.5 Å². The van der Waals surface area contributed by atoms with Gasteiger partial charge in [-0.3, -0.25) is 14.2 Å². The number of aromatic nitrogens is 2. The monoisotopic (exact) mass is 459 g/mol. The predicted octanol–water partition coefficient (Wildman–Crippen LogP) is 5.50. The predicted molar refractivity (Wildman–Crippen MR) is 127 cm³/mol. The average molecular weight is 460 g/mol. The number of aryl methyl sites for hydroxylation is 2. The largest absolute Gasteiger partial charge is 0.330 e. The van der Waals surface area contributed by atoms with Gasteiger partial charge >= 0.3 is 0 Å². The number of alkyl halides is 2. The zero-order valence-corrected chi connectivity index (χ0v) is 19.7. The molecule has 1 heterocycles. The molecule has 0 bridgehead atoms. The Kier molecular flexibility index (Phi) is 7.39. The van der Waals surface area contributed by atoms with Gasteiger partial charge in [-0.05, 0) is 50.5 Å². The minimum atomic E-state index is -1.18. The maximum absolute atomic E-state index is 13.7. The van der Waals surface area contributed by atoms with E-state index < -0.39 is 10.9 Å². The molecule has 1 aromatic heterocycles. The Morgan fingerprint density at radius 3 is 2.45 bits per heavy atom. The molecule has 0 saturated carbocycles. The molecular weight excluding hydrogens is 433 g/mol. The van der Waals surface area contributed by atoms with Gasteiger partial charge in [0.2, 0.25) is 0 Å². The lowest BCUT2D eigenvalue weighted by molar-refractivity contribution is -0.132. The van der Waals surface area contributed by atoms with Crippen LogP contribution < -0.4 is 5.56 Å². The molecule has 0 radical (unpaired) electrons. The molecule has 0 aliphatic carbocycles. The summed E-state index contributed by atoms with van der Waals surface area (Å²) in [4.78, 5) is 31.9. The Labute approximate surface area is 192 Å². The van der Waals surface area contributed by atoms with Crippen molar-refractivity contribution in [1.82, 2.24) is 14.5 Å². The van der Waals surface area contributed by atoms with Crippen LogP contribution in [0.2, 0.25) is 0 Å². The van der Waals surface area contributed by atoms with Gasteiger partial charge in [0.25, 0.3) is 11.5 Å². The molecule has 0 N–H and O–H groups in total. The summed E-state index contributed by atoms with van der Waals surface area (Å²) in [7, 11) is 0. The van der Waals surface area contributed by atoms with Gasteiger partial charge in [-0.15, -0.1) is 0 Å². The summed E-state index contributed by atoms with van der Waals surface area (Å²) in [5.41, 5.74) is 3.24. The molecule has 5 nitrogen and oxygen atoms in total. The van der Waals surface area contributed by atoms with Gasteiger partial charge in [0.1, 0.15) is 5.82 Å². The topological polar surface area (TPSA) is 55.2 Å². The highest BCUT2D eigenvalue weighted by atomic mass is 35.5. The van der Waals surface area contributed by atoms with Crippen molar-refractivity contribution in [3.8, 4) is 5.69 Å². The Balaban J connectivity index is 2.36. The molecule has 0 spiro atoms. The molecule has 164 valence electrons. The molecule has 0 fully saturated rings. The maximum Gasteiger partial charge on any atom is 0.266 e. The van der Waals surface area contributed by atoms with E-state index in [1.165, 1.54) is 0 Å². The van der Waals surface area contributed by atoms with Crippen LogP contribution in [0.4, 0.5) is 0 Å². The summed E-state index contributed by atoms with van der Waals surface area (Å²) < 4.78 is 1.64. The summed E-state index contributed by atoms with van der Waals surface area (Å²) in [5, 5.41) is 0.530. The SMILES string of the molecule is CCCN(C(=O)C(Cl)Cl)C(CC)c1nc2ccccc2c(=O)n1-c1ccc(C)cc1C. The molecule has 0 saturated heterocycles. The standard InChI is InChI=1S/C24H27Cl2N3O2/c1-5-13-28(24(31)21(25)26)19(6-2)22-27-18-10-8-7-9-17(18)23(30)29(22)20-12-11-15(3)14-16(20)4/h7-12,14,19,21H,5-6,13H2,1-4H3. The van der Waals surface area contributed by atoms with E-state index in [4.69, 9.17) is 28.2 Å². The van der Waals surface area contributed by atoms with Crippen LogP contribution in [-0.2, 0) is 4.79 Å². The first-order chi connectivity index (χ1) is 14.8. The lowest BCUT2D eigenvalue weighted by Crippen LogP contribution is -2.41. The van der Waals surface area contributed by atoms with Crippen LogP contribution in [0, 0.1) is 13.8 Å². The smallest absolute Gasteiger partial charge is 0.266 e. The number of hydrogen-bond donors (Lipinski definition) is 0. The number of rotatable bonds is 7. The quantitative estimate of drug-likeness (QED) is 0.438. The number of carbonyl (C=O) groups is 1. The van der Waals surface area contributed by atoms with Crippen molar-refractivity contribution < 1.29 is 4.79 Å². The average Bonchev–Trinajstić information content (AvgIpc) is 2.74. The third-order valence-electron chi connectivity index (χ3n) is 5.39. The summed E-state index contributed by atoms with van der Waals surface area (Å²) in [6.07, 6.45) is 1.28. The number of hydrogen-bond acceptors (Lipinski definition) is 3. The minimum absolute atomic E-state index is 0.164. The molecule has 0 aliphatic heterocycles. The third kappa shape index (κ3) is 4.63. The van der Waals surface area contributed by atoms with Gasteiger partial charge in [0.15, 0.2) is 4.84 Å². The van der Waals surface area contributed by atoms with Crippen molar-refractivity contribution in [2.45, 2.75) is 51.4 Å². The number of para-hydroxylation sites is 1. The van der Waals surface area contributed by atoms with Crippen molar-refractivity contribution in [2.75, 3.05) is 6.54 Å². The highest BCUT2D eigenvalue weighted by Crippen LogP contribution is 2.29. The van der Waals surface area contributed by atoms with Gasteiger partial charge in [0, 0.05) is 6.54 Å². The molecule has 7 heteroatoms. The molecule has 2 aromatic carbocycles. The van der Waals surface area contributed by atoms with Crippen molar-refractivity contribution >= 4 is 40.0 Å². The summed E-state index contributed by atoms with van der Waals surface area (Å²) >= 11 is 11.9. The van der Waals surface area contributed by atoms with Crippen LogP contribution in [-0.4, -0.2) is 31.7 Å². The van der Waals surface area contributed by atoms with Crippen LogP contribution in [0.1, 0.15) is 49.7 Å². The van der Waals surface area contributed by atoms with Gasteiger partial charge < -0.3 is 4.90 Å². The zero-order chi connectivity index (χ0) is 22.7. The fraction of sp³-hybridized carbons (Fsp3) is 0.375. The minimum Gasteiger partial charge on any atom is -0.330 e. The lowest BCUT2D eigenvalue weighted by atomic mass is 10.1. The number of carbonyl (C=O) groups excluding carboxylic acids is 1. The Bertz CT molecular complexity index is 1160. The Hall–Kier alpha value is -2.37. The number of fused-ring (bicyclic) bond motifs is 1. The summed E-state index contributed by atoms with van der Waals surface area (Å²) in [6, 6.07) is 12.7. The first-order valence-corrected chi connectivity index (χ1v) is 11.3. The third-order valence-corrected chi connectivity index (χ3v) is 5.76. The molecule has 3 rings (SSSR count). The van der Waals surface area contributed by atoms with Gasteiger partial charge in [-0.25, -0.2) is 4.98 Å². The first kappa shape index (κ1) is 23.3. The summed E-state index contributed by atoms with van der Waals surface area (Å²) in [6.45, 7) is 8.39. The zero-order valence-electron chi connectivity index (χ0n) is 18.2. The van der Waals surface area contributed by atoms with Crippen LogP contribution in [0.3, 0.4) is 0 Å². The van der Waals surface area contributed by atoms with Gasteiger partial charge in [0.05, 0.1) is 22.6 Å². The Morgan fingerprint density at radius 1 is 1.13 bits per heavy atom. The molecule has 31 heavy (non-hydrogen) atoms. The number of benzene rings is 2. The fourth-order valence-corrected chi connectivity index (χ4v) is 4.24. The van der Waals surface area contributed by atoms with E-state index >= 15 is 0 Å². The highest BCUT2D eigenvalue weighted by molar-refractivity contribution is 6.53. The molecular formula is C24H27Cl2N3O2. The summed E-state index contributed by atoms with van der Waals surface area (Å²) in [5.74, 6) is 0.126. The van der Waals surface area contributed by atoms with E-state index in [1.54, 1.807) is 15.5 Å². The van der Waals surface area contributed by atoms with Crippen molar-refractivity contribution in [1.29, 1.82) is 0 Å². The van der Waals surface area contributed by atoms with Crippen molar-refractivity contribution in [3.63, 3.8) is 0 Å². The van der Waals surface area contributed by atoms with Crippen LogP contribution >= 0.6 is 23.2 Å². The Morgan fingerprint density at radius 2 is 1.84 bits per heavy atom. The lowest BCUT2D eigenvalue weighted by Gasteiger charge is -2.32. The molecule has 0 aliphatic rings. The second-order valence-electron chi connectivity index (χ2n) is 7.67. The molecule has 1 amide bonds. The second-order valence-corrected chi connectivity index (χ2v) is 8.77. The highest BCUT2D eigenvalue weighted by Gasteiger charge is 2.31. The van der Waals surface area contributed by atoms with E-state index in [1.807, 2.05) is 64.1 Å². The molecule has 1 unspecified atom stereocenters. The van der Waals surface area contributed by atoms with E-state index in [0.29, 0.717) is 29.7 Å². The van der Waals surface area contributed by atoms with Crippen LogP contribution in [0.15, 0.2) is 47.3 Å². The second kappa shape index (κ2) is 9.84. The molecule has 1 atom stereocenters. The van der Waals surface area contributed by atoms with Crippen molar-refractivity contribution in [2.24, 2.45) is 0 Å². The number of nitrogens with zero attached hydrogens (tertiary/aromatic N) is 3. The fourth-order valence-electron chi connectivity index (χ4n) is 3.99. The molecule has 3 aromatic rings. The van der Waals surface area contributed by atoms with E-state index in [9.17, 15) is 9.59 Å². The van der Waals surface area contributed by atoms with Gasteiger partial charge in [-0.2, -0.15) is 0 Å². The van der Waals surface area contributed by atoms with Crippen LogP contribution in [0.5, 0.6) is 0 Å². The van der Waals surface area contributed by atoms with Crippen molar-refractivity contribution in [3.05, 3.63) is 69.8 Å². The van der Waals surface area contributed by atoms with E-state index in [2.05, 4.69) is 0 Å². The number of amides is 1. The van der Waals surface area contributed by atoms with Gasteiger partial charge in [-0.1, -0.05) is 66.9 Å². The normalized spacial score (nSPS) is 12.4. The van der Waals surface area contributed by atoms with E-state index in [0.717, 1.165) is 23.2 Å².